The Bertz CT molecular complexity index is 779. The van der Waals surface area contributed by atoms with Crippen molar-refractivity contribution in [2.75, 3.05) is 34.4 Å². The van der Waals surface area contributed by atoms with Gasteiger partial charge in [-0.3, -0.25) is 4.79 Å². The predicted octanol–water partition coefficient (Wildman–Crippen LogP) is 2.28. The number of hydrogen-bond acceptors (Lipinski definition) is 5. The summed E-state index contributed by atoms with van der Waals surface area (Å²) in [4.78, 5) is 14.9. The summed E-state index contributed by atoms with van der Waals surface area (Å²) in [6.45, 7) is 1.07. The summed E-state index contributed by atoms with van der Waals surface area (Å²) in [5.74, 6) is 1.44. The van der Waals surface area contributed by atoms with Crippen LogP contribution in [0.1, 0.15) is 21.8 Å². The van der Waals surface area contributed by atoms with Crippen molar-refractivity contribution < 1.29 is 19.0 Å². The molecule has 1 saturated heterocycles. The van der Waals surface area contributed by atoms with Crippen LogP contribution >= 0.6 is 0 Å². The van der Waals surface area contributed by atoms with Crippen LogP contribution in [0.15, 0.2) is 42.5 Å². The molecule has 1 aliphatic rings. The van der Waals surface area contributed by atoms with Crippen molar-refractivity contribution in [2.45, 2.75) is 12.0 Å². The van der Waals surface area contributed by atoms with Gasteiger partial charge in [-0.05, 0) is 5.56 Å². The summed E-state index contributed by atoms with van der Waals surface area (Å²) >= 11 is 0. The third kappa shape index (κ3) is 3.32. The molecule has 0 aliphatic carbocycles. The number of carbonyl (C=O) groups excluding carboxylic acids is 1. The van der Waals surface area contributed by atoms with Crippen molar-refractivity contribution in [3.05, 3.63) is 53.6 Å². The quantitative estimate of drug-likeness (QED) is 0.890. The summed E-state index contributed by atoms with van der Waals surface area (Å²) in [6.07, 6.45) is 0. The van der Waals surface area contributed by atoms with Gasteiger partial charge in [-0.15, -0.1) is 0 Å². The van der Waals surface area contributed by atoms with Gasteiger partial charge in [0.15, 0.2) is 11.5 Å². The molecule has 1 heterocycles. The number of rotatable bonds is 5. The van der Waals surface area contributed by atoms with Gasteiger partial charge in [-0.2, -0.15) is 0 Å². The van der Waals surface area contributed by atoms with E-state index >= 15 is 0 Å². The minimum atomic E-state index is -0.128. The number of amides is 1. The van der Waals surface area contributed by atoms with E-state index in [1.807, 2.05) is 18.2 Å². The van der Waals surface area contributed by atoms with Gasteiger partial charge in [0.05, 0.1) is 26.9 Å². The fourth-order valence-corrected chi connectivity index (χ4v) is 3.41. The lowest BCUT2D eigenvalue weighted by Crippen LogP contribution is -2.32. The fourth-order valence-electron chi connectivity index (χ4n) is 3.41. The molecule has 6 nitrogen and oxygen atoms in total. The minimum Gasteiger partial charge on any atom is -0.496 e. The van der Waals surface area contributed by atoms with E-state index in [1.54, 1.807) is 24.1 Å². The van der Waals surface area contributed by atoms with Crippen LogP contribution in [-0.4, -0.2) is 51.3 Å². The second-order valence-corrected chi connectivity index (χ2v) is 6.30. The molecule has 6 heteroatoms. The molecule has 2 aromatic carbocycles. The third-order valence-corrected chi connectivity index (χ3v) is 4.82. The molecule has 138 valence electrons. The summed E-state index contributed by atoms with van der Waals surface area (Å²) in [6, 6.07) is 13.3. The van der Waals surface area contributed by atoms with E-state index in [0.29, 0.717) is 35.9 Å². The van der Waals surface area contributed by atoms with Gasteiger partial charge in [0.2, 0.25) is 0 Å². The first-order chi connectivity index (χ1) is 12.6. The SMILES string of the molecule is COc1cc(OC)c(C(=O)N2C[C@@H](N)[C@H](c3ccccc3)C2)cc1OC. The van der Waals surface area contributed by atoms with Gasteiger partial charge in [-0.1, -0.05) is 30.3 Å². The van der Waals surface area contributed by atoms with E-state index in [2.05, 4.69) is 12.1 Å². The number of likely N-dealkylation sites (tertiary alicyclic amines) is 1. The van der Waals surface area contributed by atoms with E-state index in [9.17, 15) is 4.79 Å². The summed E-state index contributed by atoms with van der Waals surface area (Å²) in [5, 5.41) is 0. The predicted molar refractivity (Wildman–Crippen MR) is 99.2 cm³/mol. The van der Waals surface area contributed by atoms with Crippen LogP contribution < -0.4 is 19.9 Å². The molecule has 0 radical (unpaired) electrons. The average molecular weight is 356 g/mol. The number of nitrogens with zero attached hydrogens (tertiary/aromatic N) is 1. The van der Waals surface area contributed by atoms with Crippen LogP contribution in [-0.2, 0) is 0 Å². The second kappa shape index (κ2) is 7.66. The van der Waals surface area contributed by atoms with Crippen molar-refractivity contribution in [1.29, 1.82) is 0 Å². The number of nitrogens with two attached hydrogens (primary N) is 1. The number of ether oxygens (including phenoxy) is 3. The Morgan fingerprint density at radius 1 is 0.962 bits per heavy atom. The fraction of sp³-hybridized carbons (Fsp3) is 0.350. The highest BCUT2D eigenvalue weighted by atomic mass is 16.5. The molecule has 0 aromatic heterocycles. The lowest BCUT2D eigenvalue weighted by molar-refractivity contribution is 0.0785. The first-order valence-corrected chi connectivity index (χ1v) is 8.48. The highest BCUT2D eigenvalue weighted by Crippen LogP contribution is 2.36. The van der Waals surface area contributed by atoms with Crippen molar-refractivity contribution in [3.8, 4) is 17.2 Å². The molecule has 0 spiro atoms. The van der Waals surface area contributed by atoms with Crippen molar-refractivity contribution >= 4 is 5.91 Å². The van der Waals surface area contributed by atoms with Gasteiger partial charge in [0.25, 0.3) is 5.91 Å². The van der Waals surface area contributed by atoms with Crippen LogP contribution in [0.4, 0.5) is 0 Å². The largest absolute Gasteiger partial charge is 0.496 e. The molecule has 3 rings (SSSR count). The molecule has 2 atom stereocenters. The summed E-state index contributed by atoms with van der Waals surface area (Å²) in [5.41, 5.74) is 7.90. The van der Waals surface area contributed by atoms with Crippen LogP contribution in [0.2, 0.25) is 0 Å². The highest BCUT2D eigenvalue weighted by Gasteiger charge is 2.35. The van der Waals surface area contributed by atoms with E-state index in [0.717, 1.165) is 5.56 Å². The van der Waals surface area contributed by atoms with Crippen LogP contribution in [0.5, 0.6) is 17.2 Å². The minimum absolute atomic E-state index is 0.104. The normalized spacial score (nSPS) is 19.3. The van der Waals surface area contributed by atoms with Gasteiger partial charge in [0.1, 0.15) is 5.75 Å². The molecule has 1 fully saturated rings. The Kier molecular flexibility index (Phi) is 5.32. The van der Waals surface area contributed by atoms with Crippen LogP contribution in [0.25, 0.3) is 0 Å². The average Bonchev–Trinajstić information content (AvgIpc) is 3.08. The van der Waals surface area contributed by atoms with Crippen molar-refractivity contribution in [1.82, 2.24) is 4.90 Å². The second-order valence-electron chi connectivity index (χ2n) is 6.30. The van der Waals surface area contributed by atoms with Crippen LogP contribution in [0, 0.1) is 0 Å². The van der Waals surface area contributed by atoms with E-state index < -0.39 is 0 Å². The Morgan fingerprint density at radius 2 is 1.58 bits per heavy atom. The standard InChI is InChI=1S/C20H24N2O4/c1-24-17-10-19(26-3)18(25-2)9-14(17)20(23)22-11-15(16(21)12-22)13-7-5-4-6-8-13/h4-10,15-16H,11-12,21H2,1-3H3/t15-,16+/m0/s1. The number of methoxy groups -OCH3 is 3. The number of hydrogen-bond donors (Lipinski definition) is 1. The zero-order valence-corrected chi connectivity index (χ0v) is 15.3. The molecule has 1 amide bonds. The molecule has 2 aromatic rings. The van der Waals surface area contributed by atoms with Crippen molar-refractivity contribution in [3.63, 3.8) is 0 Å². The summed E-state index contributed by atoms with van der Waals surface area (Å²) in [7, 11) is 4.61. The molecule has 2 N–H and O–H groups in total. The first kappa shape index (κ1) is 18.1. The van der Waals surface area contributed by atoms with Crippen LogP contribution in [0.3, 0.4) is 0 Å². The van der Waals surface area contributed by atoms with E-state index in [-0.39, 0.29) is 17.9 Å². The molecule has 0 unspecified atom stereocenters. The van der Waals surface area contributed by atoms with Gasteiger partial charge in [-0.25, -0.2) is 0 Å². The topological polar surface area (TPSA) is 74.0 Å². The van der Waals surface area contributed by atoms with Gasteiger partial charge in [0, 0.05) is 37.2 Å². The summed E-state index contributed by atoms with van der Waals surface area (Å²) < 4.78 is 16.0. The molecule has 26 heavy (non-hydrogen) atoms. The third-order valence-electron chi connectivity index (χ3n) is 4.82. The van der Waals surface area contributed by atoms with E-state index in [4.69, 9.17) is 19.9 Å². The molecule has 0 saturated carbocycles. The smallest absolute Gasteiger partial charge is 0.257 e. The van der Waals surface area contributed by atoms with E-state index in [1.165, 1.54) is 14.2 Å². The monoisotopic (exact) mass is 356 g/mol. The maximum Gasteiger partial charge on any atom is 0.257 e. The molecule has 0 bridgehead atoms. The Balaban J connectivity index is 1.88. The van der Waals surface area contributed by atoms with Crippen molar-refractivity contribution in [2.24, 2.45) is 5.73 Å². The zero-order valence-electron chi connectivity index (χ0n) is 15.3. The first-order valence-electron chi connectivity index (χ1n) is 8.48. The van der Waals surface area contributed by atoms with Gasteiger partial charge < -0.3 is 24.8 Å². The zero-order chi connectivity index (χ0) is 18.7. The maximum atomic E-state index is 13.1. The number of carbonyl (C=O) groups is 1. The molecular weight excluding hydrogens is 332 g/mol. The molecule has 1 aliphatic heterocycles. The molecular formula is C20H24N2O4. The Morgan fingerprint density at radius 3 is 2.19 bits per heavy atom. The van der Waals surface area contributed by atoms with Gasteiger partial charge >= 0.3 is 0 Å². The number of benzene rings is 2. The highest BCUT2D eigenvalue weighted by molar-refractivity contribution is 5.98. The Hall–Kier alpha value is -2.73. The lowest BCUT2D eigenvalue weighted by Gasteiger charge is -2.19. The maximum absolute atomic E-state index is 13.1. The lowest BCUT2D eigenvalue weighted by atomic mass is 9.95. The Labute approximate surface area is 153 Å².